The Morgan fingerprint density at radius 1 is 1.52 bits per heavy atom. The fraction of sp³-hybridized carbons (Fsp3) is 0.500. The number of amides is 1. The Hall–Kier alpha value is -1.96. The van der Waals surface area contributed by atoms with E-state index in [-0.39, 0.29) is 18.6 Å². The molecular weight excluding hydrogens is 294 g/mol. The molecule has 0 saturated carbocycles. The summed E-state index contributed by atoms with van der Waals surface area (Å²) in [6.45, 7) is 4.18. The van der Waals surface area contributed by atoms with Crippen LogP contribution in [0.5, 0.6) is 0 Å². The molecule has 7 heteroatoms. The molecule has 1 aliphatic rings. The highest BCUT2D eigenvalue weighted by Crippen LogP contribution is 2.12. The zero-order valence-corrected chi connectivity index (χ0v) is 13.4. The van der Waals surface area contributed by atoms with Crippen LogP contribution >= 0.6 is 0 Å². The van der Waals surface area contributed by atoms with Gasteiger partial charge in [0, 0.05) is 38.6 Å². The zero-order valence-electron chi connectivity index (χ0n) is 13.4. The Balaban J connectivity index is 1.56. The highest BCUT2D eigenvalue weighted by Gasteiger charge is 2.22. The number of carbonyl (C=O) groups excluding carboxylic acids is 1. The lowest BCUT2D eigenvalue weighted by atomic mass is 10.2. The van der Waals surface area contributed by atoms with Gasteiger partial charge in [-0.1, -0.05) is 6.07 Å². The molecule has 2 aromatic heterocycles. The van der Waals surface area contributed by atoms with Gasteiger partial charge in [0.1, 0.15) is 5.65 Å². The van der Waals surface area contributed by atoms with Gasteiger partial charge in [0.05, 0.1) is 24.9 Å². The minimum absolute atomic E-state index is 0.0881. The lowest BCUT2D eigenvalue weighted by Gasteiger charge is -2.34. The second-order valence-electron chi connectivity index (χ2n) is 6.09. The Kier molecular flexibility index (Phi) is 4.90. The molecule has 2 N–H and O–H groups in total. The zero-order chi connectivity index (χ0) is 16.2. The van der Waals surface area contributed by atoms with Crippen LogP contribution < -0.4 is 5.73 Å². The van der Waals surface area contributed by atoms with Crippen molar-refractivity contribution in [1.29, 1.82) is 0 Å². The molecule has 0 unspecified atom stereocenters. The Morgan fingerprint density at radius 2 is 2.39 bits per heavy atom. The molecule has 0 bridgehead atoms. The van der Waals surface area contributed by atoms with Gasteiger partial charge in [-0.05, 0) is 19.2 Å². The highest BCUT2D eigenvalue weighted by molar-refractivity contribution is 5.75. The molecule has 2 aromatic rings. The summed E-state index contributed by atoms with van der Waals surface area (Å²) in [5.74, 6) is -0.315. The fourth-order valence-electron chi connectivity index (χ4n) is 3.01. The predicted octanol–water partition coefficient (Wildman–Crippen LogP) is -0.0478. The van der Waals surface area contributed by atoms with E-state index in [1.807, 2.05) is 40.7 Å². The van der Waals surface area contributed by atoms with Crippen molar-refractivity contribution in [3.8, 4) is 0 Å². The van der Waals surface area contributed by atoms with Crippen molar-refractivity contribution < 1.29 is 9.53 Å². The number of pyridine rings is 1. The third-order valence-electron chi connectivity index (χ3n) is 3.96. The number of nitrogens with two attached hydrogens (primary N) is 1. The molecule has 1 aliphatic heterocycles. The van der Waals surface area contributed by atoms with Crippen LogP contribution in [0, 0.1) is 0 Å². The van der Waals surface area contributed by atoms with Crippen molar-refractivity contribution >= 4 is 11.6 Å². The molecule has 3 rings (SSSR count). The van der Waals surface area contributed by atoms with Gasteiger partial charge in [0.25, 0.3) is 0 Å². The lowest BCUT2D eigenvalue weighted by molar-refractivity contribution is -0.119. The lowest BCUT2D eigenvalue weighted by Crippen LogP contribution is -2.47. The van der Waals surface area contributed by atoms with Crippen LogP contribution in [0.4, 0.5) is 0 Å². The number of nitrogens with zero attached hydrogens (tertiary/aromatic N) is 4. The molecule has 0 aromatic carbocycles. The van der Waals surface area contributed by atoms with Gasteiger partial charge in [-0.15, -0.1) is 0 Å². The SMILES string of the molecule is CN(CC(N)=O)C[C@@H]1CN(Cc2cn3ccccc3n2)CCO1. The summed E-state index contributed by atoms with van der Waals surface area (Å²) in [6, 6.07) is 5.99. The van der Waals surface area contributed by atoms with E-state index in [2.05, 4.69) is 16.1 Å². The van der Waals surface area contributed by atoms with E-state index in [4.69, 9.17) is 10.5 Å². The monoisotopic (exact) mass is 317 g/mol. The van der Waals surface area contributed by atoms with E-state index < -0.39 is 0 Å². The fourth-order valence-corrected chi connectivity index (χ4v) is 3.01. The van der Waals surface area contributed by atoms with Crippen molar-refractivity contribution in [2.45, 2.75) is 12.6 Å². The van der Waals surface area contributed by atoms with Crippen molar-refractivity contribution in [3.05, 3.63) is 36.3 Å². The van der Waals surface area contributed by atoms with Gasteiger partial charge in [-0.25, -0.2) is 4.98 Å². The maximum Gasteiger partial charge on any atom is 0.231 e. The quantitative estimate of drug-likeness (QED) is 0.808. The summed E-state index contributed by atoms with van der Waals surface area (Å²) in [7, 11) is 1.88. The third kappa shape index (κ3) is 4.28. The molecule has 1 saturated heterocycles. The van der Waals surface area contributed by atoms with E-state index in [9.17, 15) is 4.79 Å². The van der Waals surface area contributed by atoms with Gasteiger partial charge < -0.3 is 14.9 Å². The first kappa shape index (κ1) is 15.9. The predicted molar refractivity (Wildman–Crippen MR) is 86.9 cm³/mol. The molecule has 1 amide bonds. The van der Waals surface area contributed by atoms with Gasteiger partial charge in [0.2, 0.25) is 5.91 Å². The molecule has 1 fully saturated rings. The number of ether oxygens (including phenoxy) is 1. The van der Waals surface area contributed by atoms with Crippen molar-refractivity contribution in [1.82, 2.24) is 19.2 Å². The number of rotatable bonds is 6. The standard InChI is InChI=1S/C16H23N5O2/c1-19(12-15(17)22)10-14-11-20(6-7-23-14)8-13-9-21-5-3-2-4-16(21)18-13/h2-5,9,14H,6-8,10-12H2,1H3,(H2,17,22)/t14-/m1/s1. The van der Waals surface area contributed by atoms with Crippen LogP contribution in [0.2, 0.25) is 0 Å². The molecule has 124 valence electrons. The minimum atomic E-state index is -0.315. The summed E-state index contributed by atoms with van der Waals surface area (Å²) in [4.78, 5) is 19.8. The second-order valence-corrected chi connectivity index (χ2v) is 6.09. The number of aromatic nitrogens is 2. The number of imidazole rings is 1. The minimum Gasteiger partial charge on any atom is -0.374 e. The largest absolute Gasteiger partial charge is 0.374 e. The van der Waals surface area contributed by atoms with E-state index in [0.717, 1.165) is 31.0 Å². The van der Waals surface area contributed by atoms with E-state index >= 15 is 0 Å². The van der Waals surface area contributed by atoms with Crippen LogP contribution in [0.3, 0.4) is 0 Å². The highest BCUT2D eigenvalue weighted by atomic mass is 16.5. The maximum atomic E-state index is 11.0. The van der Waals surface area contributed by atoms with Crippen molar-refractivity contribution in [2.24, 2.45) is 5.73 Å². The van der Waals surface area contributed by atoms with Crippen molar-refractivity contribution in [3.63, 3.8) is 0 Å². The molecular formula is C16H23N5O2. The second kappa shape index (κ2) is 7.08. The molecule has 23 heavy (non-hydrogen) atoms. The number of primary amides is 1. The maximum absolute atomic E-state index is 11.0. The average Bonchev–Trinajstić information content (AvgIpc) is 2.88. The van der Waals surface area contributed by atoms with Crippen LogP contribution in [0.15, 0.2) is 30.6 Å². The Labute approximate surface area is 135 Å². The van der Waals surface area contributed by atoms with Crippen LogP contribution in [0.1, 0.15) is 5.69 Å². The number of hydrogen-bond donors (Lipinski definition) is 1. The van der Waals surface area contributed by atoms with Gasteiger partial charge in [-0.2, -0.15) is 0 Å². The summed E-state index contributed by atoms with van der Waals surface area (Å²) in [5.41, 5.74) is 7.25. The summed E-state index contributed by atoms with van der Waals surface area (Å²) >= 11 is 0. The van der Waals surface area contributed by atoms with Crippen LogP contribution in [0.25, 0.3) is 5.65 Å². The third-order valence-corrected chi connectivity index (χ3v) is 3.96. The normalized spacial score (nSPS) is 19.5. The van der Waals surface area contributed by atoms with E-state index in [1.165, 1.54) is 0 Å². The Morgan fingerprint density at radius 3 is 3.17 bits per heavy atom. The molecule has 0 spiro atoms. The van der Waals surface area contributed by atoms with Crippen LogP contribution in [-0.2, 0) is 16.1 Å². The summed E-state index contributed by atoms with van der Waals surface area (Å²) in [5, 5.41) is 0. The topological polar surface area (TPSA) is 76.1 Å². The van der Waals surface area contributed by atoms with Crippen molar-refractivity contribution in [2.75, 3.05) is 39.8 Å². The first-order valence-corrected chi connectivity index (χ1v) is 7.83. The number of morpholine rings is 1. The van der Waals surface area contributed by atoms with Gasteiger partial charge >= 0.3 is 0 Å². The van der Waals surface area contributed by atoms with E-state index in [1.54, 1.807) is 0 Å². The summed E-state index contributed by atoms with van der Waals surface area (Å²) < 4.78 is 7.83. The number of hydrogen-bond acceptors (Lipinski definition) is 5. The number of likely N-dealkylation sites (N-methyl/N-ethyl adjacent to an activating group) is 1. The smallest absolute Gasteiger partial charge is 0.231 e. The molecule has 0 aliphatic carbocycles. The first-order valence-electron chi connectivity index (χ1n) is 7.83. The van der Waals surface area contributed by atoms with Gasteiger partial charge in [-0.3, -0.25) is 14.6 Å². The molecule has 7 nitrogen and oxygen atoms in total. The van der Waals surface area contributed by atoms with E-state index in [0.29, 0.717) is 13.2 Å². The first-order chi connectivity index (χ1) is 11.1. The number of fused-ring (bicyclic) bond motifs is 1. The molecule has 1 atom stereocenters. The molecule has 0 radical (unpaired) electrons. The number of carbonyl (C=O) groups is 1. The van der Waals surface area contributed by atoms with Gasteiger partial charge in [0.15, 0.2) is 0 Å². The summed E-state index contributed by atoms with van der Waals surface area (Å²) in [6.07, 6.45) is 4.16. The molecule has 3 heterocycles. The average molecular weight is 317 g/mol. The van der Waals surface area contributed by atoms with Crippen LogP contribution in [-0.4, -0.2) is 71.0 Å². The Bertz CT molecular complexity index is 638.